The van der Waals surface area contributed by atoms with E-state index in [0.717, 1.165) is 13.0 Å². The number of β-amino-alcohol motifs (C(OH)–C–C–N with tert-alkyl or cyclic N) is 1. The summed E-state index contributed by atoms with van der Waals surface area (Å²) in [5.74, 6) is 0.0314. The maximum atomic E-state index is 12.6. The largest absolute Gasteiger partial charge is 0.395 e. The topological polar surface area (TPSA) is 99.8 Å². The van der Waals surface area contributed by atoms with Gasteiger partial charge in [0.2, 0.25) is 10.0 Å². The number of nitrogen functional groups attached to an aromatic ring is 1. The van der Waals surface area contributed by atoms with Gasteiger partial charge < -0.3 is 10.8 Å². The minimum absolute atomic E-state index is 0.0314. The number of pyridine rings is 1. The molecule has 2 heterocycles. The van der Waals surface area contributed by atoms with E-state index in [0.29, 0.717) is 26.2 Å². The average molecular weight is 300 g/mol. The molecule has 1 fully saturated rings. The van der Waals surface area contributed by atoms with Crippen LogP contribution >= 0.6 is 0 Å². The lowest BCUT2D eigenvalue weighted by Gasteiger charge is -2.21. The van der Waals surface area contributed by atoms with Crippen LogP contribution in [0.25, 0.3) is 0 Å². The molecule has 0 aliphatic carbocycles. The van der Waals surface area contributed by atoms with Crippen molar-refractivity contribution in [2.45, 2.75) is 11.3 Å². The first-order chi connectivity index (χ1) is 9.55. The monoisotopic (exact) mass is 300 g/mol. The first-order valence-electron chi connectivity index (χ1n) is 6.59. The number of nitrogens with two attached hydrogens (primary N) is 1. The van der Waals surface area contributed by atoms with Gasteiger partial charge in [0, 0.05) is 32.4 Å². The molecule has 0 bridgehead atoms. The molecule has 2 rings (SSSR count). The summed E-state index contributed by atoms with van der Waals surface area (Å²) >= 11 is 0. The molecule has 1 aliphatic heterocycles. The van der Waals surface area contributed by atoms with Crippen LogP contribution in [0.4, 0.5) is 5.82 Å². The third-order valence-electron chi connectivity index (χ3n) is 3.38. The summed E-state index contributed by atoms with van der Waals surface area (Å²) in [5, 5.41) is 8.95. The second kappa shape index (κ2) is 6.49. The van der Waals surface area contributed by atoms with E-state index in [-0.39, 0.29) is 17.3 Å². The van der Waals surface area contributed by atoms with Crippen LogP contribution < -0.4 is 5.73 Å². The van der Waals surface area contributed by atoms with Gasteiger partial charge in [0.15, 0.2) is 0 Å². The number of rotatable bonds is 4. The molecule has 0 radical (unpaired) electrons. The van der Waals surface area contributed by atoms with Gasteiger partial charge in [0.1, 0.15) is 10.7 Å². The van der Waals surface area contributed by atoms with Crippen molar-refractivity contribution in [2.24, 2.45) is 0 Å². The summed E-state index contributed by atoms with van der Waals surface area (Å²) in [7, 11) is -3.60. The highest BCUT2D eigenvalue weighted by Gasteiger charge is 2.28. The molecule has 8 heteroatoms. The Morgan fingerprint density at radius 3 is 2.80 bits per heavy atom. The zero-order valence-corrected chi connectivity index (χ0v) is 12.1. The first kappa shape index (κ1) is 15.2. The van der Waals surface area contributed by atoms with Crippen LogP contribution in [0.15, 0.2) is 23.2 Å². The molecule has 0 atom stereocenters. The summed E-state index contributed by atoms with van der Waals surface area (Å²) in [5.41, 5.74) is 5.67. The van der Waals surface area contributed by atoms with Gasteiger partial charge >= 0.3 is 0 Å². The van der Waals surface area contributed by atoms with Crippen molar-refractivity contribution in [3.63, 3.8) is 0 Å². The predicted octanol–water partition coefficient (Wildman–Crippen LogP) is -0.647. The fourth-order valence-electron chi connectivity index (χ4n) is 2.31. The lowest BCUT2D eigenvalue weighted by Crippen LogP contribution is -2.36. The van der Waals surface area contributed by atoms with Crippen LogP contribution in [0, 0.1) is 0 Å². The fourth-order valence-corrected chi connectivity index (χ4v) is 3.85. The van der Waals surface area contributed by atoms with Crippen LogP contribution in [0.2, 0.25) is 0 Å². The quantitative estimate of drug-likeness (QED) is 0.767. The van der Waals surface area contributed by atoms with Crippen molar-refractivity contribution in [3.8, 4) is 0 Å². The van der Waals surface area contributed by atoms with Crippen LogP contribution in [0.5, 0.6) is 0 Å². The van der Waals surface area contributed by atoms with E-state index < -0.39 is 10.0 Å². The Morgan fingerprint density at radius 2 is 2.10 bits per heavy atom. The highest BCUT2D eigenvalue weighted by Crippen LogP contribution is 2.21. The summed E-state index contributed by atoms with van der Waals surface area (Å²) in [6.45, 7) is 2.91. The van der Waals surface area contributed by atoms with Crippen molar-refractivity contribution in [3.05, 3.63) is 18.3 Å². The molecule has 7 nitrogen and oxygen atoms in total. The molecule has 1 aliphatic rings. The van der Waals surface area contributed by atoms with Gasteiger partial charge in [0.25, 0.3) is 0 Å². The highest BCUT2D eigenvalue weighted by atomic mass is 32.2. The number of aliphatic hydroxyl groups excluding tert-OH is 1. The van der Waals surface area contributed by atoms with Gasteiger partial charge in [-0.15, -0.1) is 0 Å². The number of sulfonamides is 1. The van der Waals surface area contributed by atoms with Crippen LogP contribution in [0.3, 0.4) is 0 Å². The number of hydrogen-bond donors (Lipinski definition) is 2. The lowest BCUT2D eigenvalue weighted by molar-refractivity contribution is 0.202. The number of aliphatic hydroxyl groups is 1. The normalized spacial score (nSPS) is 18.9. The molecule has 0 spiro atoms. The second-order valence-electron chi connectivity index (χ2n) is 4.71. The van der Waals surface area contributed by atoms with Crippen LogP contribution in [0.1, 0.15) is 6.42 Å². The van der Waals surface area contributed by atoms with E-state index in [1.54, 1.807) is 6.07 Å². The molecular weight excluding hydrogens is 280 g/mol. The summed E-state index contributed by atoms with van der Waals surface area (Å²) in [6.07, 6.45) is 2.21. The van der Waals surface area contributed by atoms with Crippen molar-refractivity contribution in [1.82, 2.24) is 14.2 Å². The zero-order chi connectivity index (χ0) is 14.6. The van der Waals surface area contributed by atoms with E-state index in [1.165, 1.54) is 16.6 Å². The molecular formula is C12H20N4O3S. The molecule has 0 amide bonds. The van der Waals surface area contributed by atoms with E-state index in [9.17, 15) is 8.42 Å². The molecule has 20 heavy (non-hydrogen) atoms. The summed E-state index contributed by atoms with van der Waals surface area (Å²) in [4.78, 5) is 5.96. The maximum Gasteiger partial charge on any atom is 0.246 e. The Labute approximate surface area is 119 Å². The van der Waals surface area contributed by atoms with E-state index >= 15 is 0 Å². The Hall–Kier alpha value is -1.22. The maximum absolute atomic E-state index is 12.6. The lowest BCUT2D eigenvalue weighted by atomic mass is 10.4. The number of nitrogens with zero attached hydrogens (tertiary/aromatic N) is 3. The Kier molecular flexibility index (Phi) is 4.92. The highest BCUT2D eigenvalue weighted by molar-refractivity contribution is 7.89. The molecule has 0 unspecified atom stereocenters. The van der Waals surface area contributed by atoms with Crippen molar-refractivity contribution >= 4 is 15.8 Å². The third kappa shape index (κ3) is 3.26. The van der Waals surface area contributed by atoms with Gasteiger partial charge in [0.05, 0.1) is 6.61 Å². The fraction of sp³-hybridized carbons (Fsp3) is 0.583. The zero-order valence-electron chi connectivity index (χ0n) is 11.3. The molecule has 1 saturated heterocycles. The van der Waals surface area contributed by atoms with E-state index in [4.69, 9.17) is 10.8 Å². The number of anilines is 1. The van der Waals surface area contributed by atoms with Gasteiger partial charge in [-0.25, -0.2) is 13.4 Å². The molecule has 1 aromatic heterocycles. The smallest absolute Gasteiger partial charge is 0.246 e. The van der Waals surface area contributed by atoms with Gasteiger partial charge in [-0.1, -0.05) is 0 Å². The average Bonchev–Trinajstić information content (AvgIpc) is 2.65. The van der Waals surface area contributed by atoms with Crippen molar-refractivity contribution in [1.29, 1.82) is 0 Å². The molecule has 112 valence electrons. The van der Waals surface area contributed by atoms with Crippen molar-refractivity contribution in [2.75, 3.05) is 45.1 Å². The Bertz CT molecular complexity index is 549. The molecule has 0 aromatic carbocycles. The van der Waals surface area contributed by atoms with Crippen LogP contribution in [-0.2, 0) is 10.0 Å². The molecule has 3 N–H and O–H groups in total. The number of hydrogen-bond acceptors (Lipinski definition) is 6. The first-order valence-corrected chi connectivity index (χ1v) is 8.03. The van der Waals surface area contributed by atoms with Crippen molar-refractivity contribution < 1.29 is 13.5 Å². The summed E-state index contributed by atoms with van der Waals surface area (Å²) in [6, 6.07) is 3.05. The van der Waals surface area contributed by atoms with Gasteiger partial charge in [-0.3, -0.25) is 4.90 Å². The standard InChI is InChI=1S/C12H20N4O3S/c13-12-11(3-1-4-14-12)20(18,19)16-6-2-5-15(7-8-16)9-10-17/h1,3-4,17H,2,5-10H2,(H2,13,14). The minimum atomic E-state index is -3.60. The third-order valence-corrected chi connectivity index (χ3v) is 5.33. The van der Waals surface area contributed by atoms with E-state index in [1.807, 2.05) is 0 Å². The van der Waals surface area contributed by atoms with Gasteiger partial charge in [-0.05, 0) is 25.1 Å². The van der Waals surface area contributed by atoms with E-state index in [2.05, 4.69) is 9.88 Å². The summed E-state index contributed by atoms with van der Waals surface area (Å²) < 4.78 is 26.6. The predicted molar refractivity (Wildman–Crippen MR) is 75.6 cm³/mol. The molecule has 0 saturated carbocycles. The Morgan fingerprint density at radius 1 is 1.30 bits per heavy atom. The molecule has 1 aromatic rings. The second-order valence-corrected chi connectivity index (χ2v) is 6.62. The number of aromatic nitrogens is 1. The SMILES string of the molecule is Nc1ncccc1S(=O)(=O)N1CCCN(CCO)CC1. The van der Waals surface area contributed by atoms with Crippen LogP contribution in [-0.4, -0.2) is 67.0 Å². The Balaban J connectivity index is 2.16. The van der Waals surface area contributed by atoms with Gasteiger partial charge in [-0.2, -0.15) is 4.31 Å². The minimum Gasteiger partial charge on any atom is -0.395 e.